The summed E-state index contributed by atoms with van der Waals surface area (Å²) in [4.78, 5) is 25.3. The van der Waals surface area contributed by atoms with Crippen LogP contribution in [0.5, 0.6) is 0 Å². The summed E-state index contributed by atoms with van der Waals surface area (Å²) in [5.74, 6) is 0.356. The summed E-state index contributed by atoms with van der Waals surface area (Å²) in [6.45, 7) is 7.97. The van der Waals surface area contributed by atoms with Crippen molar-refractivity contribution in [3.63, 3.8) is 0 Å². The Hall–Kier alpha value is -1.95. The molecule has 3 heterocycles. The van der Waals surface area contributed by atoms with E-state index in [9.17, 15) is 4.79 Å². The predicted molar refractivity (Wildman–Crippen MR) is 84.1 cm³/mol. The van der Waals surface area contributed by atoms with E-state index in [1.54, 1.807) is 13.1 Å². The summed E-state index contributed by atoms with van der Waals surface area (Å²) in [5.41, 5.74) is 1.12. The number of anilines is 1. The number of rotatable bonds is 4. The SMILES string of the molecule is CCOC(=O)c1cnc(N2CC[C@H](N3CC=CC3)C2)nc1C. The van der Waals surface area contributed by atoms with E-state index >= 15 is 0 Å². The molecule has 1 aromatic heterocycles. The lowest BCUT2D eigenvalue weighted by Gasteiger charge is -2.23. The van der Waals surface area contributed by atoms with Gasteiger partial charge in [-0.15, -0.1) is 0 Å². The standard InChI is InChI=1S/C16H22N4O2/c1-3-22-15(21)14-10-17-16(18-12(14)2)20-9-6-13(11-20)19-7-4-5-8-19/h4-5,10,13H,3,6-9,11H2,1-2H3/t13-/m0/s1. The van der Waals surface area contributed by atoms with Crippen molar-refractivity contribution in [2.75, 3.05) is 37.7 Å². The molecule has 0 bridgehead atoms. The van der Waals surface area contributed by atoms with Gasteiger partial charge < -0.3 is 9.64 Å². The molecule has 2 aliphatic rings. The van der Waals surface area contributed by atoms with Gasteiger partial charge >= 0.3 is 5.97 Å². The molecule has 22 heavy (non-hydrogen) atoms. The van der Waals surface area contributed by atoms with E-state index in [4.69, 9.17) is 4.74 Å². The summed E-state index contributed by atoms with van der Waals surface area (Å²) < 4.78 is 5.01. The second kappa shape index (κ2) is 6.44. The van der Waals surface area contributed by atoms with E-state index < -0.39 is 0 Å². The Kier molecular flexibility index (Phi) is 4.38. The van der Waals surface area contributed by atoms with Crippen molar-refractivity contribution in [2.45, 2.75) is 26.3 Å². The molecular weight excluding hydrogens is 280 g/mol. The Bertz CT molecular complexity index is 580. The van der Waals surface area contributed by atoms with E-state index in [-0.39, 0.29) is 5.97 Å². The van der Waals surface area contributed by atoms with Gasteiger partial charge in [-0.1, -0.05) is 12.2 Å². The fourth-order valence-electron chi connectivity index (χ4n) is 3.03. The quantitative estimate of drug-likeness (QED) is 0.619. The molecule has 1 atom stereocenters. The fourth-order valence-corrected chi connectivity index (χ4v) is 3.03. The average molecular weight is 302 g/mol. The fraction of sp³-hybridized carbons (Fsp3) is 0.562. The molecule has 0 radical (unpaired) electrons. The third kappa shape index (κ3) is 2.97. The third-order valence-corrected chi connectivity index (χ3v) is 4.27. The highest BCUT2D eigenvalue weighted by atomic mass is 16.5. The Morgan fingerprint density at radius 1 is 1.41 bits per heavy atom. The third-order valence-electron chi connectivity index (χ3n) is 4.27. The van der Waals surface area contributed by atoms with Crippen molar-refractivity contribution >= 4 is 11.9 Å². The lowest BCUT2D eigenvalue weighted by atomic mass is 10.2. The number of ether oxygens (including phenoxy) is 1. The molecule has 1 saturated heterocycles. The molecule has 0 saturated carbocycles. The van der Waals surface area contributed by atoms with E-state index in [1.807, 2.05) is 6.92 Å². The minimum Gasteiger partial charge on any atom is -0.462 e. The molecule has 0 unspecified atom stereocenters. The monoisotopic (exact) mass is 302 g/mol. The lowest BCUT2D eigenvalue weighted by Crippen LogP contribution is -2.36. The van der Waals surface area contributed by atoms with Crippen LogP contribution < -0.4 is 4.90 Å². The lowest BCUT2D eigenvalue weighted by molar-refractivity contribution is 0.0524. The first kappa shape index (κ1) is 15.0. The van der Waals surface area contributed by atoms with Crippen LogP contribution in [0, 0.1) is 6.92 Å². The maximum absolute atomic E-state index is 11.8. The zero-order valence-corrected chi connectivity index (χ0v) is 13.2. The van der Waals surface area contributed by atoms with Crippen LogP contribution in [0.1, 0.15) is 29.4 Å². The molecule has 0 amide bonds. The molecule has 1 fully saturated rings. The molecule has 1 aromatic rings. The average Bonchev–Trinajstić information content (AvgIpc) is 3.18. The van der Waals surface area contributed by atoms with Gasteiger partial charge in [0.2, 0.25) is 5.95 Å². The smallest absolute Gasteiger partial charge is 0.341 e. The molecule has 6 nitrogen and oxygen atoms in total. The van der Waals surface area contributed by atoms with Gasteiger partial charge in [0.05, 0.1) is 17.9 Å². The van der Waals surface area contributed by atoms with Crippen LogP contribution in [0.15, 0.2) is 18.3 Å². The number of carbonyl (C=O) groups excluding carboxylic acids is 1. The number of esters is 1. The number of nitrogens with zero attached hydrogens (tertiary/aromatic N) is 4. The zero-order valence-electron chi connectivity index (χ0n) is 13.2. The minimum absolute atomic E-state index is 0.353. The van der Waals surface area contributed by atoms with Crippen LogP contribution in [0.3, 0.4) is 0 Å². The first-order valence-electron chi connectivity index (χ1n) is 7.83. The normalized spacial score (nSPS) is 21.5. The van der Waals surface area contributed by atoms with Crippen LogP contribution in [0.25, 0.3) is 0 Å². The highest BCUT2D eigenvalue weighted by Gasteiger charge is 2.29. The van der Waals surface area contributed by atoms with Gasteiger partial charge in [-0.3, -0.25) is 4.90 Å². The second-order valence-corrected chi connectivity index (χ2v) is 5.70. The highest BCUT2D eigenvalue weighted by Crippen LogP contribution is 2.22. The molecule has 0 aliphatic carbocycles. The first-order valence-corrected chi connectivity index (χ1v) is 7.83. The van der Waals surface area contributed by atoms with Crippen molar-refractivity contribution in [1.82, 2.24) is 14.9 Å². The summed E-state index contributed by atoms with van der Waals surface area (Å²) in [5, 5.41) is 0. The van der Waals surface area contributed by atoms with E-state index in [1.165, 1.54) is 0 Å². The number of aryl methyl sites for hydroxylation is 1. The minimum atomic E-state index is -0.353. The van der Waals surface area contributed by atoms with E-state index in [0.29, 0.717) is 29.9 Å². The van der Waals surface area contributed by atoms with Crippen molar-refractivity contribution in [3.8, 4) is 0 Å². The van der Waals surface area contributed by atoms with Gasteiger partial charge in [0, 0.05) is 38.4 Å². The van der Waals surface area contributed by atoms with Gasteiger partial charge in [0.1, 0.15) is 0 Å². The maximum atomic E-state index is 11.8. The molecule has 2 aliphatic heterocycles. The number of hydrogen-bond donors (Lipinski definition) is 0. The number of carbonyl (C=O) groups is 1. The predicted octanol–water partition coefficient (Wildman–Crippen LogP) is 1.41. The van der Waals surface area contributed by atoms with Gasteiger partial charge in [-0.2, -0.15) is 0 Å². The summed E-state index contributed by atoms with van der Waals surface area (Å²) in [7, 11) is 0. The molecule has 3 rings (SSSR count). The Morgan fingerprint density at radius 3 is 2.86 bits per heavy atom. The second-order valence-electron chi connectivity index (χ2n) is 5.70. The van der Waals surface area contributed by atoms with E-state index in [2.05, 4.69) is 31.9 Å². The zero-order chi connectivity index (χ0) is 15.5. The van der Waals surface area contributed by atoms with Gasteiger partial charge in [0.25, 0.3) is 0 Å². The molecular formula is C16H22N4O2. The number of aromatic nitrogens is 2. The van der Waals surface area contributed by atoms with Crippen LogP contribution in [-0.2, 0) is 4.74 Å². The molecule has 0 spiro atoms. The van der Waals surface area contributed by atoms with Gasteiger partial charge in [0.15, 0.2) is 0 Å². The Balaban J connectivity index is 1.68. The maximum Gasteiger partial charge on any atom is 0.341 e. The molecule has 118 valence electrons. The van der Waals surface area contributed by atoms with Crippen LogP contribution in [0.4, 0.5) is 5.95 Å². The van der Waals surface area contributed by atoms with E-state index in [0.717, 1.165) is 32.6 Å². The summed E-state index contributed by atoms with van der Waals surface area (Å²) in [6, 6.07) is 0.559. The van der Waals surface area contributed by atoms with Crippen LogP contribution >= 0.6 is 0 Å². The largest absolute Gasteiger partial charge is 0.462 e. The Labute approximate surface area is 130 Å². The highest BCUT2D eigenvalue weighted by molar-refractivity contribution is 5.90. The van der Waals surface area contributed by atoms with Crippen molar-refractivity contribution < 1.29 is 9.53 Å². The van der Waals surface area contributed by atoms with Crippen molar-refractivity contribution in [3.05, 3.63) is 29.6 Å². The summed E-state index contributed by atoms with van der Waals surface area (Å²) in [6.07, 6.45) is 7.15. The Morgan fingerprint density at radius 2 is 2.18 bits per heavy atom. The summed E-state index contributed by atoms with van der Waals surface area (Å²) >= 11 is 0. The number of hydrogen-bond acceptors (Lipinski definition) is 6. The van der Waals surface area contributed by atoms with Crippen molar-refractivity contribution in [1.29, 1.82) is 0 Å². The van der Waals surface area contributed by atoms with Crippen molar-refractivity contribution in [2.24, 2.45) is 0 Å². The van der Waals surface area contributed by atoms with Crippen LogP contribution in [-0.4, -0.2) is 59.7 Å². The molecule has 0 aromatic carbocycles. The van der Waals surface area contributed by atoms with Gasteiger partial charge in [-0.05, 0) is 20.3 Å². The van der Waals surface area contributed by atoms with Gasteiger partial charge in [-0.25, -0.2) is 14.8 Å². The first-order chi connectivity index (χ1) is 10.7. The topological polar surface area (TPSA) is 58.6 Å². The van der Waals surface area contributed by atoms with Crippen LogP contribution in [0.2, 0.25) is 0 Å². The molecule has 0 N–H and O–H groups in total. The molecule has 6 heteroatoms.